The first kappa shape index (κ1) is 35.0. The fourth-order valence-electron chi connectivity index (χ4n) is 9.15. The van der Waals surface area contributed by atoms with E-state index in [1.165, 1.54) is 61.2 Å². The third-order valence-electron chi connectivity index (χ3n) is 12.1. The monoisotopic (exact) mass is 735 g/mol. The molecule has 3 nitrogen and oxygen atoms in total. The highest BCUT2D eigenvalue weighted by Gasteiger charge is 2.53. The maximum absolute atomic E-state index is 5.03. The van der Waals surface area contributed by atoms with Crippen molar-refractivity contribution in [2.24, 2.45) is 0 Å². The highest BCUT2D eigenvalue weighted by Crippen LogP contribution is 2.65. The zero-order chi connectivity index (χ0) is 39.1. The van der Waals surface area contributed by atoms with Gasteiger partial charge in [-0.15, -0.1) is 0 Å². The Hall–Kier alpha value is -6.45. The fourth-order valence-corrected chi connectivity index (χ4v) is 9.15. The number of hydrogen-bond donors (Lipinski definition) is 0. The van der Waals surface area contributed by atoms with Gasteiger partial charge in [0.15, 0.2) is 17.5 Å². The number of hydrogen-bond acceptors (Lipinski definition) is 3. The Balaban J connectivity index is 1.19. The van der Waals surface area contributed by atoms with E-state index in [1.807, 2.05) is 36.4 Å². The van der Waals surface area contributed by atoms with Gasteiger partial charge in [-0.25, -0.2) is 15.0 Å². The quantitative estimate of drug-likeness (QED) is 0.181. The zero-order valence-corrected chi connectivity index (χ0v) is 33.4. The minimum absolute atomic E-state index is 0.00630. The lowest BCUT2D eigenvalue weighted by molar-refractivity contribution is 0.586. The van der Waals surface area contributed by atoms with Gasteiger partial charge in [0, 0.05) is 16.7 Å². The Bertz CT molecular complexity index is 2720. The van der Waals surface area contributed by atoms with E-state index in [1.54, 1.807) is 0 Å². The van der Waals surface area contributed by atoms with Gasteiger partial charge in [-0.3, -0.25) is 0 Å². The first-order valence-corrected chi connectivity index (χ1v) is 20.0. The van der Waals surface area contributed by atoms with Crippen LogP contribution in [-0.2, 0) is 16.2 Å². The Kier molecular flexibility index (Phi) is 7.85. The van der Waals surface area contributed by atoms with Gasteiger partial charge in [0.2, 0.25) is 0 Å². The van der Waals surface area contributed by atoms with Gasteiger partial charge >= 0.3 is 0 Å². The number of aromatic nitrogens is 3. The molecule has 0 atom stereocenters. The maximum Gasteiger partial charge on any atom is 0.164 e. The van der Waals surface area contributed by atoms with Crippen LogP contribution in [0.5, 0.6) is 0 Å². The number of rotatable bonds is 4. The minimum atomic E-state index is -0.488. The maximum atomic E-state index is 5.03. The summed E-state index contributed by atoms with van der Waals surface area (Å²) < 4.78 is 0. The Morgan fingerprint density at radius 1 is 0.333 bits per heavy atom. The topological polar surface area (TPSA) is 38.7 Å². The van der Waals surface area contributed by atoms with Gasteiger partial charge in [0.25, 0.3) is 0 Å². The first-order valence-electron chi connectivity index (χ1n) is 20.0. The Morgan fingerprint density at radius 2 is 0.737 bits per heavy atom. The van der Waals surface area contributed by atoms with Gasteiger partial charge in [-0.2, -0.15) is 0 Å². The van der Waals surface area contributed by atoms with Crippen molar-refractivity contribution in [1.82, 2.24) is 15.0 Å². The Morgan fingerprint density at radius 3 is 1.25 bits per heavy atom. The molecule has 0 aliphatic heterocycles. The molecule has 8 aromatic rings. The number of nitrogens with zero attached hydrogens (tertiary/aromatic N) is 3. The van der Waals surface area contributed by atoms with Crippen LogP contribution in [0, 0.1) is 0 Å². The molecule has 2 aliphatic rings. The van der Waals surface area contributed by atoms with Gasteiger partial charge in [-0.05, 0) is 77.6 Å². The molecule has 1 heterocycles. The van der Waals surface area contributed by atoms with Crippen molar-refractivity contribution in [3.05, 3.63) is 197 Å². The first-order chi connectivity index (χ1) is 27.5. The molecule has 0 unspecified atom stereocenters. The van der Waals surface area contributed by atoms with E-state index in [2.05, 4.69) is 169 Å². The highest BCUT2D eigenvalue weighted by atomic mass is 15.0. The second-order valence-corrected chi connectivity index (χ2v) is 17.7. The lowest BCUT2D eigenvalue weighted by atomic mass is 9.67. The lowest BCUT2D eigenvalue weighted by Gasteiger charge is -2.34. The van der Waals surface area contributed by atoms with Crippen LogP contribution < -0.4 is 0 Å². The van der Waals surface area contributed by atoms with Crippen molar-refractivity contribution >= 4 is 0 Å². The van der Waals surface area contributed by atoms with E-state index in [0.717, 1.165) is 22.3 Å². The molecular weight excluding hydrogens is 691 g/mol. The van der Waals surface area contributed by atoms with Crippen LogP contribution in [0.3, 0.4) is 0 Å². The number of fused-ring (bicyclic) bond motifs is 10. The molecule has 0 radical (unpaired) electrons. The summed E-state index contributed by atoms with van der Waals surface area (Å²) in [4.78, 5) is 15.0. The summed E-state index contributed by atoms with van der Waals surface area (Å²) in [7, 11) is 0. The van der Waals surface area contributed by atoms with E-state index >= 15 is 0 Å². The van der Waals surface area contributed by atoms with E-state index in [-0.39, 0.29) is 10.8 Å². The summed E-state index contributed by atoms with van der Waals surface area (Å²) in [5, 5.41) is 0. The predicted molar refractivity (Wildman–Crippen MR) is 235 cm³/mol. The summed E-state index contributed by atoms with van der Waals surface area (Å²) in [6, 6.07) is 59.7. The molecule has 1 aromatic heterocycles. The second-order valence-electron chi connectivity index (χ2n) is 17.7. The molecule has 10 rings (SSSR count). The van der Waals surface area contributed by atoms with Crippen LogP contribution in [-0.4, -0.2) is 15.0 Å². The molecule has 2 aliphatic carbocycles. The molecule has 0 bridgehead atoms. The molecule has 7 aromatic carbocycles. The summed E-state index contributed by atoms with van der Waals surface area (Å²) in [6.07, 6.45) is 0. The number of benzene rings is 7. The standard InChI is InChI=1S/C54H45N3/c1-52(2,3)38-28-30-42-43-31-29-39(53(4,5)6)33-47(43)54(46(42)32-38)45-23-14-13-20-41(45)44-22-15-21-40(48(44)54)34-24-26-37(27-25-34)51-56-49(35-16-9-7-10-17-35)55-50(57-51)36-18-11-8-12-19-36/h7-33H,1-6H3. The van der Waals surface area contributed by atoms with Crippen LogP contribution in [0.4, 0.5) is 0 Å². The van der Waals surface area contributed by atoms with Gasteiger partial charge in [0.05, 0.1) is 5.41 Å². The van der Waals surface area contributed by atoms with Crippen molar-refractivity contribution in [3.8, 4) is 67.5 Å². The molecule has 0 amide bonds. The minimum Gasteiger partial charge on any atom is -0.208 e. The molecule has 3 heteroatoms. The molecule has 276 valence electrons. The largest absolute Gasteiger partial charge is 0.208 e. The van der Waals surface area contributed by atoms with Crippen LogP contribution in [0.25, 0.3) is 67.5 Å². The van der Waals surface area contributed by atoms with Crippen LogP contribution in [0.15, 0.2) is 164 Å². The van der Waals surface area contributed by atoms with Gasteiger partial charge in [-0.1, -0.05) is 205 Å². The van der Waals surface area contributed by atoms with Crippen molar-refractivity contribution in [2.45, 2.75) is 57.8 Å². The van der Waals surface area contributed by atoms with Crippen LogP contribution in [0.1, 0.15) is 74.9 Å². The predicted octanol–water partition coefficient (Wildman–Crippen LogP) is 13.5. The SMILES string of the molecule is CC(C)(C)c1ccc2c(c1)C1(c3cc(C(C)(C)C)ccc3-2)c2ccccc2-c2cccc(-c3ccc(-c4nc(-c5ccccc5)nc(-c5ccccc5)n4)cc3)c21. The van der Waals surface area contributed by atoms with Crippen molar-refractivity contribution in [1.29, 1.82) is 0 Å². The van der Waals surface area contributed by atoms with E-state index in [0.29, 0.717) is 17.5 Å². The van der Waals surface area contributed by atoms with Crippen molar-refractivity contribution < 1.29 is 0 Å². The summed E-state index contributed by atoms with van der Waals surface area (Å²) >= 11 is 0. The molecule has 0 N–H and O–H groups in total. The lowest BCUT2D eigenvalue weighted by Crippen LogP contribution is -2.28. The molecule has 0 fully saturated rings. The third kappa shape index (κ3) is 5.51. The molecule has 0 saturated heterocycles. The van der Waals surface area contributed by atoms with E-state index < -0.39 is 5.41 Å². The second kappa shape index (κ2) is 12.8. The van der Waals surface area contributed by atoms with Crippen molar-refractivity contribution in [2.75, 3.05) is 0 Å². The summed E-state index contributed by atoms with van der Waals surface area (Å²) in [6.45, 7) is 13.9. The molecule has 57 heavy (non-hydrogen) atoms. The van der Waals surface area contributed by atoms with E-state index in [9.17, 15) is 0 Å². The van der Waals surface area contributed by atoms with Crippen LogP contribution in [0.2, 0.25) is 0 Å². The van der Waals surface area contributed by atoms with Crippen LogP contribution >= 0.6 is 0 Å². The molecule has 0 saturated carbocycles. The summed E-state index contributed by atoms with van der Waals surface area (Å²) in [5.74, 6) is 1.97. The normalized spacial score (nSPS) is 13.6. The fraction of sp³-hybridized carbons (Fsp3) is 0.167. The molecular formula is C54H45N3. The van der Waals surface area contributed by atoms with Gasteiger partial charge < -0.3 is 0 Å². The van der Waals surface area contributed by atoms with Crippen molar-refractivity contribution in [3.63, 3.8) is 0 Å². The Labute approximate surface area is 336 Å². The zero-order valence-electron chi connectivity index (χ0n) is 33.4. The molecule has 1 spiro atoms. The van der Waals surface area contributed by atoms with Gasteiger partial charge in [0.1, 0.15) is 0 Å². The third-order valence-corrected chi connectivity index (χ3v) is 12.1. The average molecular weight is 736 g/mol. The smallest absolute Gasteiger partial charge is 0.164 e. The highest BCUT2D eigenvalue weighted by molar-refractivity contribution is 5.99. The average Bonchev–Trinajstić information content (AvgIpc) is 3.70. The summed E-state index contributed by atoms with van der Waals surface area (Å²) in [5.41, 5.74) is 18.2. The van der Waals surface area contributed by atoms with E-state index in [4.69, 9.17) is 15.0 Å².